The van der Waals surface area contributed by atoms with E-state index in [4.69, 9.17) is 9.26 Å². The van der Waals surface area contributed by atoms with Crippen molar-refractivity contribution in [2.75, 3.05) is 7.11 Å². The molecule has 1 fully saturated rings. The molecule has 0 atom stereocenters. The number of rotatable bonds is 3. The van der Waals surface area contributed by atoms with Crippen molar-refractivity contribution in [1.82, 2.24) is 5.06 Å². The Kier molecular flexibility index (Phi) is 4.88. The summed E-state index contributed by atoms with van der Waals surface area (Å²) in [5.74, 6) is 0. The molecule has 1 heterocycles. The van der Waals surface area contributed by atoms with Gasteiger partial charge in [0, 0.05) is 17.2 Å². The molecule has 1 saturated heterocycles. The minimum Gasteiger partial charge on any atom is -0.414 e. The Morgan fingerprint density at radius 2 is 1.40 bits per heavy atom. The molecule has 120 valence electrons. The molecule has 0 aromatic heterocycles. The van der Waals surface area contributed by atoms with Crippen LogP contribution in [0.1, 0.15) is 61.3 Å². The van der Waals surface area contributed by atoms with Gasteiger partial charge in [-0.15, -0.1) is 0 Å². The summed E-state index contributed by atoms with van der Waals surface area (Å²) >= 11 is 0. The maximum atomic E-state index is 6.66. The molecule has 20 heavy (non-hydrogen) atoms. The van der Waals surface area contributed by atoms with Crippen LogP contribution < -0.4 is 0 Å². The van der Waals surface area contributed by atoms with Crippen molar-refractivity contribution >= 4 is 8.32 Å². The van der Waals surface area contributed by atoms with Crippen molar-refractivity contribution < 1.29 is 9.26 Å². The lowest BCUT2D eigenvalue weighted by Crippen LogP contribution is -2.62. The molecule has 0 bridgehead atoms. The van der Waals surface area contributed by atoms with Gasteiger partial charge in [0.2, 0.25) is 0 Å². The Balaban J connectivity index is 2.91. The van der Waals surface area contributed by atoms with Crippen LogP contribution in [0.2, 0.25) is 18.1 Å². The fourth-order valence-electron chi connectivity index (χ4n) is 3.34. The molecular formula is C16H35NO2Si. The summed E-state index contributed by atoms with van der Waals surface area (Å²) in [6, 6.07) is 0. The summed E-state index contributed by atoms with van der Waals surface area (Å²) in [4.78, 5) is 5.66. The van der Waals surface area contributed by atoms with E-state index in [1.165, 1.54) is 0 Å². The number of hydrogen-bond acceptors (Lipinski definition) is 3. The van der Waals surface area contributed by atoms with Crippen molar-refractivity contribution in [3.8, 4) is 0 Å². The van der Waals surface area contributed by atoms with Crippen molar-refractivity contribution in [2.45, 2.75) is 96.6 Å². The first-order valence-electron chi connectivity index (χ1n) is 7.75. The van der Waals surface area contributed by atoms with Gasteiger partial charge in [-0.1, -0.05) is 20.8 Å². The molecule has 0 radical (unpaired) electrons. The highest BCUT2D eigenvalue weighted by molar-refractivity contribution is 6.74. The third kappa shape index (κ3) is 3.64. The lowest BCUT2D eigenvalue weighted by molar-refractivity contribution is -0.275. The van der Waals surface area contributed by atoms with E-state index in [2.05, 4.69) is 66.6 Å². The molecule has 3 nitrogen and oxygen atoms in total. The van der Waals surface area contributed by atoms with E-state index >= 15 is 0 Å². The lowest BCUT2D eigenvalue weighted by Gasteiger charge is -2.54. The van der Waals surface area contributed by atoms with Crippen LogP contribution in [-0.2, 0) is 9.26 Å². The van der Waals surface area contributed by atoms with E-state index in [0.29, 0.717) is 6.10 Å². The molecule has 0 aromatic rings. The number of nitrogens with zero attached hydrogens (tertiary/aromatic N) is 1. The second-order valence-corrected chi connectivity index (χ2v) is 13.8. The van der Waals surface area contributed by atoms with Crippen LogP contribution >= 0.6 is 0 Å². The van der Waals surface area contributed by atoms with E-state index < -0.39 is 8.32 Å². The topological polar surface area (TPSA) is 21.7 Å². The van der Waals surface area contributed by atoms with E-state index in [-0.39, 0.29) is 16.1 Å². The van der Waals surface area contributed by atoms with E-state index in [1.807, 2.05) is 0 Å². The van der Waals surface area contributed by atoms with Crippen molar-refractivity contribution in [2.24, 2.45) is 0 Å². The lowest BCUT2D eigenvalue weighted by atomic mass is 9.80. The van der Waals surface area contributed by atoms with Crippen molar-refractivity contribution in [3.63, 3.8) is 0 Å². The molecule has 1 aliphatic rings. The van der Waals surface area contributed by atoms with Gasteiger partial charge >= 0.3 is 0 Å². The van der Waals surface area contributed by atoms with Crippen LogP contribution in [0.3, 0.4) is 0 Å². The molecule has 4 heteroatoms. The maximum absolute atomic E-state index is 6.66. The van der Waals surface area contributed by atoms with E-state index in [1.54, 1.807) is 7.11 Å². The fraction of sp³-hybridized carbons (Fsp3) is 1.00. The third-order valence-corrected chi connectivity index (χ3v) is 9.54. The van der Waals surface area contributed by atoms with Crippen LogP contribution in [0.15, 0.2) is 0 Å². The van der Waals surface area contributed by atoms with Crippen LogP contribution in [0, 0.1) is 0 Å². The van der Waals surface area contributed by atoms with Gasteiger partial charge in [-0.05, 0) is 58.7 Å². The van der Waals surface area contributed by atoms with Gasteiger partial charge in [-0.25, -0.2) is 0 Å². The second-order valence-electron chi connectivity index (χ2n) is 9.01. The first-order valence-corrected chi connectivity index (χ1v) is 10.7. The quantitative estimate of drug-likeness (QED) is 0.712. The Labute approximate surface area is 127 Å². The average Bonchev–Trinajstić information content (AvgIpc) is 2.10. The summed E-state index contributed by atoms with van der Waals surface area (Å²) in [5, 5.41) is 2.41. The van der Waals surface area contributed by atoms with Gasteiger partial charge in [0.15, 0.2) is 8.32 Å². The molecule has 0 aliphatic carbocycles. The Bertz CT molecular complexity index is 327. The smallest absolute Gasteiger partial charge is 0.192 e. The van der Waals surface area contributed by atoms with Crippen LogP contribution in [0.4, 0.5) is 0 Å². The summed E-state index contributed by atoms with van der Waals surface area (Å²) in [6.45, 7) is 20.6. The normalized spacial score (nSPS) is 24.9. The van der Waals surface area contributed by atoms with Gasteiger partial charge in [0.1, 0.15) is 0 Å². The molecule has 0 spiro atoms. The minimum atomic E-state index is -1.71. The van der Waals surface area contributed by atoms with E-state index in [9.17, 15) is 0 Å². The highest BCUT2D eigenvalue weighted by atomic mass is 28.4. The minimum absolute atomic E-state index is 0.00350. The zero-order valence-corrected chi connectivity index (χ0v) is 16.3. The predicted octanol–water partition coefficient (Wildman–Crippen LogP) is 4.59. The van der Waals surface area contributed by atoms with Gasteiger partial charge in [-0.3, -0.25) is 0 Å². The van der Waals surface area contributed by atoms with Gasteiger partial charge in [0.25, 0.3) is 0 Å². The first kappa shape index (κ1) is 18.1. The molecule has 0 unspecified atom stereocenters. The van der Waals surface area contributed by atoms with Gasteiger partial charge in [0.05, 0.1) is 7.11 Å². The summed E-state index contributed by atoms with van der Waals surface area (Å²) < 4.78 is 6.66. The fourth-order valence-corrected chi connectivity index (χ4v) is 4.70. The zero-order chi connectivity index (χ0) is 16.0. The standard InChI is InChI=1S/C16H35NO2Si/c1-14(2,3)20(9,10)19-13-11-15(4,5)17(18-8)16(6,7)12-13/h13H,11-12H2,1-10H3. The Hall–Kier alpha value is 0.0969. The second kappa shape index (κ2) is 5.38. The third-order valence-electron chi connectivity index (χ3n) is 5.00. The summed E-state index contributed by atoms with van der Waals surface area (Å²) in [7, 11) is 0.0674. The zero-order valence-electron chi connectivity index (χ0n) is 15.3. The molecule has 0 aromatic carbocycles. The Morgan fingerprint density at radius 3 is 1.70 bits per heavy atom. The molecule has 0 saturated carbocycles. The van der Waals surface area contributed by atoms with Crippen molar-refractivity contribution in [3.05, 3.63) is 0 Å². The first-order chi connectivity index (χ1) is 8.73. The Morgan fingerprint density at radius 1 is 1.00 bits per heavy atom. The molecule has 0 N–H and O–H groups in total. The van der Waals surface area contributed by atoms with Crippen LogP contribution in [0.5, 0.6) is 0 Å². The number of hydrogen-bond donors (Lipinski definition) is 0. The predicted molar refractivity (Wildman–Crippen MR) is 88.3 cm³/mol. The van der Waals surface area contributed by atoms with Gasteiger partial charge < -0.3 is 9.26 Å². The highest BCUT2D eigenvalue weighted by Gasteiger charge is 2.49. The molecule has 1 aliphatic heterocycles. The number of hydroxylamine groups is 2. The number of piperidine rings is 1. The van der Waals surface area contributed by atoms with Crippen molar-refractivity contribution in [1.29, 1.82) is 0 Å². The van der Waals surface area contributed by atoms with Crippen LogP contribution in [-0.4, -0.2) is 37.7 Å². The monoisotopic (exact) mass is 301 g/mol. The van der Waals surface area contributed by atoms with Gasteiger partial charge in [-0.2, -0.15) is 5.06 Å². The maximum Gasteiger partial charge on any atom is 0.192 e. The summed E-state index contributed by atoms with van der Waals surface area (Å²) in [6.07, 6.45) is 2.38. The molecule has 1 rings (SSSR count). The summed E-state index contributed by atoms with van der Waals surface area (Å²) in [5.41, 5.74) is 0.00701. The molecular weight excluding hydrogens is 266 g/mol. The van der Waals surface area contributed by atoms with Crippen LogP contribution in [0.25, 0.3) is 0 Å². The largest absolute Gasteiger partial charge is 0.414 e. The molecule has 0 amide bonds. The SMILES string of the molecule is CON1C(C)(C)CC(O[Si](C)(C)C(C)(C)C)CC1(C)C. The van der Waals surface area contributed by atoms with E-state index in [0.717, 1.165) is 12.8 Å². The highest BCUT2D eigenvalue weighted by Crippen LogP contribution is 2.43. The average molecular weight is 302 g/mol.